The van der Waals surface area contributed by atoms with Crippen LogP contribution in [0.25, 0.3) is 32.3 Å². The Bertz CT molecular complexity index is 1470. The van der Waals surface area contributed by atoms with Gasteiger partial charge in [0.15, 0.2) is 0 Å². The highest BCUT2D eigenvalue weighted by Gasteiger charge is 2.34. The summed E-state index contributed by atoms with van der Waals surface area (Å²) >= 11 is 0. The third-order valence-electron chi connectivity index (χ3n) is 6.56. The number of aliphatic hydroxyl groups excluding tert-OH is 2. The molecule has 1 aliphatic rings. The molecule has 6 rings (SSSR count). The summed E-state index contributed by atoms with van der Waals surface area (Å²) in [6, 6.07) is 27.4. The zero-order valence-corrected chi connectivity index (χ0v) is 17.5. The Morgan fingerprint density at radius 2 is 1.47 bits per heavy atom. The van der Waals surface area contributed by atoms with E-state index in [9.17, 15) is 10.2 Å². The normalized spacial score (nSPS) is 20.8. The summed E-state index contributed by atoms with van der Waals surface area (Å²) in [6.07, 6.45) is -0.825. The lowest BCUT2D eigenvalue weighted by Crippen LogP contribution is -2.24. The standard InChI is InChI=1S/C29H22O3/c30-17-27-25(31)16-26(32-27)20-8-5-18(6-9-20)4-7-19-10-11-23-13-12-21-2-1-3-22-14-15-24(19)29(23)28(21)22/h1-3,5-6,8-15,25-27,30-31H,16-17H2/t25-,26+,27+/m0/s1. The van der Waals surface area contributed by atoms with Gasteiger partial charge in [-0.2, -0.15) is 0 Å². The smallest absolute Gasteiger partial charge is 0.107 e. The van der Waals surface area contributed by atoms with Crippen LogP contribution in [0, 0.1) is 11.8 Å². The fourth-order valence-corrected chi connectivity index (χ4v) is 4.87. The lowest BCUT2D eigenvalue weighted by Gasteiger charge is -2.12. The van der Waals surface area contributed by atoms with Gasteiger partial charge in [0.1, 0.15) is 6.10 Å². The first-order valence-corrected chi connectivity index (χ1v) is 10.9. The molecule has 0 amide bonds. The molecule has 0 bridgehead atoms. The molecule has 1 heterocycles. The highest BCUT2D eigenvalue weighted by atomic mass is 16.5. The van der Waals surface area contributed by atoms with Crippen molar-refractivity contribution in [2.24, 2.45) is 0 Å². The minimum atomic E-state index is -0.626. The summed E-state index contributed by atoms with van der Waals surface area (Å²) in [5.74, 6) is 6.67. The summed E-state index contributed by atoms with van der Waals surface area (Å²) in [7, 11) is 0. The van der Waals surface area contributed by atoms with Gasteiger partial charge in [0.25, 0.3) is 0 Å². The monoisotopic (exact) mass is 418 g/mol. The molecule has 2 N–H and O–H groups in total. The molecule has 5 aromatic rings. The molecule has 3 heteroatoms. The van der Waals surface area contributed by atoms with Gasteiger partial charge >= 0.3 is 0 Å². The van der Waals surface area contributed by atoms with Crippen LogP contribution in [-0.2, 0) is 4.74 Å². The van der Waals surface area contributed by atoms with Gasteiger partial charge < -0.3 is 14.9 Å². The van der Waals surface area contributed by atoms with E-state index in [0.717, 1.165) is 16.7 Å². The van der Waals surface area contributed by atoms with Crippen LogP contribution < -0.4 is 0 Å². The number of hydrogen-bond acceptors (Lipinski definition) is 3. The first-order valence-electron chi connectivity index (χ1n) is 10.9. The molecule has 0 saturated carbocycles. The Hall–Kier alpha value is -3.42. The predicted octanol–water partition coefficient (Wildman–Crippen LogP) is 5.17. The van der Waals surface area contributed by atoms with Gasteiger partial charge in [-0.3, -0.25) is 0 Å². The first-order chi connectivity index (χ1) is 15.7. The summed E-state index contributed by atoms with van der Waals surface area (Å²) in [6.45, 7) is -0.166. The van der Waals surface area contributed by atoms with Crippen LogP contribution >= 0.6 is 0 Å². The lowest BCUT2D eigenvalue weighted by atomic mass is 9.92. The first kappa shape index (κ1) is 19.3. The number of ether oxygens (including phenoxy) is 1. The maximum atomic E-state index is 9.97. The van der Waals surface area contributed by atoms with E-state index < -0.39 is 12.2 Å². The minimum absolute atomic E-state index is 0.166. The highest BCUT2D eigenvalue weighted by Crippen LogP contribution is 2.36. The molecular formula is C29H22O3. The number of rotatable bonds is 2. The molecule has 0 aliphatic carbocycles. The molecule has 5 aromatic carbocycles. The van der Waals surface area contributed by atoms with Crippen molar-refractivity contribution in [2.75, 3.05) is 6.61 Å². The fourth-order valence-electron chi connectivity index (χ4n) is 4.87. The molecular weight excluding hydrogens is 396 g/mol. The van der Waals surface area contributed by atoms with Gasteiger partial charge in [0.2, 0.25) is 0 Å². The second-order valence-corrected chi connectivity index (χ2v) is 8.49. The van der Waals surface area contributed by atoms with Crippen LogP contribution in [0.3, 0.4) is 0 Å². The Labute approximate surface area is 186 Å². The van der Waals surface area contributed by atoms with E-state index in [4.69, 9.17) is 4.74 Å². The van der Waals surface area contributed by atoms with Crippen molar-refractivity contribution in [3.8, 4) is 11.8 Å². The van der Waals surface area contributed by atoms with Gasteiger partial charge in [-0.05, 0) is 56.1 Å². The summed E-state index contributed by atoms with van der Waals surface area (Å²) in [5.41, 5.74) is 2.94. The number of aliphatic hydroxyl groups is 2. The average molecular weight is 418 g/mol. The Kier molecular flexibility index (Phi) is 4.59. The molecule has 1 saturated heterocycles. The molecule has 3 atom stereocenters. The van der Waals surface area contributed by atoms with Crippen molar-refractivity contribution in [3.05, 3.63) is 95.6 Å². The van der Waals surface area contributed by atoms with Gasteiger partial charge in [-0.1, -0.05) is 72.5 Å². The Balaban J connectivity index is 1.35. The third kappa shape index (κ3) is 3.13. The second kappa shape index (κ2) is 7.62. The van der Waals surface area contributed by atoms with Crippen molar-refractivity contribution in [1.82, 2.24) is 0 Å². The van der Waals surface area contributed by atoms with E-state index in [1.165, 1.54) is 32.3 Å². The van der Waals surface area contributed by atoms with Crippen LogP contribution in [0.15, 0.2) is 78.9 Å². The molecule has 3 nitrogen and oxygen atoms in total. The average Bonchev–Trinajstić information content (AvgIpc) is 3.22. The maximum absolute atomic E-state index is 9.97. The Morgan fingerprint density at radius 1 is 0.781 bits per heavy atom. The summed E-state index contributed by atoms with van der Waals surface area (Å²) in [4.78, 5) is 0. The molecule has 1 fully saturated rings. The van der Waals surface area contributed by atoms with Crippen LogP contribution in [0.5, 0.6) is 0 Å². The largest absolute Gasteiger partial charge is 0.394 e. The molecule has 0 spiro atoms. The highest BCUT2D eigenvalue weighted by molar-refractivity contribution is 6.23. The summed E-state index contributed by atoms with van der Waals surface area (Å²) in [5, 5.41) is 26.8. The van der Waals surface area contributed by atoms with E-state index >= 15 is 0 Å². The minimum Gasteiger partial charge on any atom is -0.394 e. The number of hydrogen-bond donors (Lipinski definition) is 2. The van der Waals surface area contributed by atoms with Gasteiger partial charge in [0, 0.05) is 17.5 Å². The van der Waals surface area contributed by atoms with Crippen molar-refractivity contribution < 1.29 is 14.9 Å². The van der Waals surface area contributed by atoms with Crippen molar-refractivity contribution in [1.29, 1.82) is 0 Å². The van der Waals surface area contributed by atoms with Gasteiger partial charge in [0.05, 0.1) is 18.8 Å². The zero-order chi connectivity index (χ0) is 21.7. The topological polar surface area (TPSA) is 49.7 Å². The lowest BCUT2D eigenvalue weighted by molar-refractivity contribution is -0.0225. The van der Waals surface area contributed by atoms with E-state index in [-0.39, 0.29) is 12.7 Å². The van der Waals surface area contributed by atoms with Crippen molar-refractivity contribution in [3.63, 3.8) is 0 Å². The zero-order valence-electron chi connectivity index (χ0n) is 17.5. The van der Waals surface area contributed by atoms with Gasteiger partial charge in [-0.25, -0.2) is 0 Å². The maximum Gasteiger partial charge on any atom is 0.107 e. The molecule has 1 aliphatic heterocycles. The van der Waals surface area contributed by atoms with Crippen LogP contribution in [-0.4, -0.2) is 29.0 Å². The SMILES string of the molecule is OC[C@H]1O[C@@H](c2ccc(C#Cc3ccc4ccc5cccc6ccc3c4c56)cc2)C[C@@H]1O. The van der Waals surface area contributed by atoms with Crippen LogP contribution in [0.4, 0.5) is 0 Å². The molecule has 156 valence electrons. The van der Waals surface area contributed by atoms with E-state index in [2.05, 4.69) is 66.4 Å². The molecule has 32 heavy (non-hydrogen) atoms. The van der Waals surface area contributed by atoms with Gasteiger partial charge in [-0.15, -0.1) is 0 Å². The second-order valence-electron chi connectivity index (χ2n) is 8.49. The van der Waals surface area contributed by atoms with E-state index in [0.29, 0.717) is 6.42 Å². The molecule has 0 radical (unpaired) electrons. The predicted molar refractivity (Wildman–Crippen MR) is 128 cm³/mol. The molecule has 0 unspecified atom stereocenters. The van der Waals surface area contributed by atoms with E-state index in [1.807, 2.05) is 24.3 Å². The van der Waals surface area contributed by atoms with E-state index in [1.54, 1.807) is 0 Å². The fraction of sp³-hybridized carbons (Fsp3) is 0.172. The quantitative estimate of drug-likeness (QED) is 0.307. The van der Waals surface area contributed by atoms with Crippen LogP contribution in [0.2, 0.25) is 0 Å². The molecule has 0 aromatic heterocycles. The third-order valence-corrected chi connectivity index (χ3v) is 6.56. The van der Waals surface area contributed by atoms with Crippen molar-refractivity contribution in [2.45, 2.75) is 24.7 Å². The summed E-state index contributed by atoms with van der Waals surface area (Å²) < 4.78 is 5.75. The Morgan fingerprint density at radius 3 is 2.19 bits per heavy atom. The number of benzene rings is 5. The van der Waals surface area contributed by atoms with Crippen molar-refractivity contribution >= 4 is 32.3 Å². The van der Waals surface area contributed by atoms with Crippen LogP contribution in [0.1, 0.15) is 29.2 Å².